The molecule has 1 fully saturated rings. The Morgan fingerprint density at radius 1 is 1.53 bits per heavy atom. The van der Waals surface area contributed by atoms with E-state index in [4.69, 9.17) is 22.1 Å². The molecule has 1 aromatic rings. The Morgan fingerprint density at radius 3 is 3.00 bits per heavy atom. The molecule has 0 saturated carbocycles. The van der Waals surface area contributed by atoms with E-state index in [1.165, 1.54) is 0 Å². The number of anilines is 1. The van der Waals surface area contributed by atoms with E-state index in [-0.39, 0.29) is 6.03 Å². The minimum Gasteiger partial charge on any atom is -0.492 e. The molecule has 0 radical (unpaired) electrons. The van der Waals surface area contributed by atoms with E-state index in [1.807, 2.05) is 0 Å². The number of carbonyl (C=O) groups is 1. The molecule has 0 aromatic heterocycles. The topological polar surface area (TPSA) is 67.6 Å². The fraction of sp³-hybridized carbons (Fsp3) is 0.364. The molecule has 0 atom stereocenters. The van der Waals surface area contributed by atoms with Gasteiger partial charge in [-0.15, -0.1) is 0 Å². The Morgan fingerprint density at radius 2 is 2.35 bits per heavy atom. The number of urea groups is 1. The van der Waals surface area contributed by atoms with Crippen LogP contribution in [0.5, 0.6) is 5.75 Å². The Bertz CT molecular complexity index is 425. The average Bonchev–Trinajstić information content (AvgIpc) is 2.70. The van der Waals surface area contributed by atoms with Crippen LogP contribution in [0.3, 0.4) is 0 Å². The second-order valence-corrected chi connectivity index (χ2v) is 4.16. The molecule has 6 heteroatoms. The van der Waals surface area contributed by atoms with Crippen LogP contribution in [0.1, 0.15) is 0 Å². The lowest BCUT2D eigenvalue weighted by atomic mass is 10.3. The summed E-state index contributed by atoms with van der Waals surface area (Å²) in [5, 5.41) is 3.20. The maximum Gasteiger partial charge on any atom is 0.317 e. The summed E-state index contributed by atoms with van der Waals surface area (Å²) in [7, 11) is 0. The van der Waals surface area contributed by atoms with Crippen molar-refractivity contribution < 1.29 is 9.53 Å². The van der Waals surface area contributed by atoms with Gasteiger partial charge in [0.05, 0.1) is 17.3 Å². The summed E-state index contributed by atoms with van der Waals surface area (Å²) in [6.07, 6.45) is 0. The van der Waals surface area contributed by atoms with E-state index in [2.05, 4.69) is 5.32 Å². The number of rotatable bonds is 4. The van der Waals surface area contributed by atoms with Crippen LogP contribution in [0.4, 0.5) is 10.5 Å². The molecule has 5 nitrogen and oxygen atoms in total. The van der Waals surface area contributed by atoms with Crippen LogP contribution in [0.25, 0.3) is 0 Å². The van der Waals surface area contributed by atoms with E-state index < -0.39 is 0 Å². The average molecular weight is 256 g/mol. The third kappa shape index (κ3) is 2.94. The molecule has 3 N–H and O–H groups in total. The zero-order valence-corrected chi connectivity index (χ0v) is 10.0. The molecular weight excluding hydrogens is 242 g/mol. The van der Waals surface area contributed by atoms with E-state index >= 15 is 0 Å². The highest BCUT2D eigenvalue weighted by Crippen LogP contribution is 2.23. The first-order chi connectivity index (χ1) is 8.16. The summed E-state index contributed by atoms with van der Waals surface area (Å²) >= 11 is 5.86. The van der Waals surface area contributed by atoms with Gasteiger partial charge < -0.3 is 20.7 Å². The summed E-state index contributed by atoms with van der Waals surface area (Å²) in [4.78, 5) is 12.9. The highest BCUT2D eigenvalue weighted by molar-refractivity contribution is 6.33. The first-order valence-corrected chi connectivity index (χ1v) is 5.75. The van der Waals surface area contributed by atoms with Crippen molar-refractivity contribution in [2.24, 2.45) is 0 Å². The second kappa shape index (κ2) is 5.14. The zero-order chi connectivity index (χ0) is 12.3. The van der Waals surface area contributed by atoms with Gasteiger partial charge in [0.25, 0.3) is 0 Å². The molecule has 0 spiro atoms. The van der Waals surface area contributed by atoms with Gasteiger partial charge in [0, 0.05) is 19.2 Å². The summed E-state index contributed by atoms with van der Waals surface area (Å²) < 4.78 is 5.49. The minimum absolute atomic E-state index is 0.0380. The van der Waals surface area contributed by atoms with E-state index in [1.54, 1.807) is 23.1 Å². The number of amides is 2. The van der Waals surface area contributed by atoms with Crippen molar-refractivity contribution in [1.82, 2.24) is 10.2 Å². The number of hydrogen-bond donors (Lipinski definition) is 2. The van der Waals surface area contributed by atoms with Crippen LogP contribution in [-0.4, -0.2) is 37.2 Å². The normalized spacial score (nSPS) is 14.9. The predicted molar refractivity (Wildman–Crippen MR) is 66.3 cm³/mol. The molecule has 0 bridgehead atoms. The lowest BCUT2D eigenvalue weighted by molar-refractivity contribution is 0.202. The van der Waals surface area contributed by atoms with Gasteiger partial charge in [-0.25, -0.2) is 4.79 Å². The molecular formula is C11H14ClN3O2. The molecule has 2 amide bonds. The minimum atomic E-state index is -0.0380. The van der Waals surface area contributed by atoms with Gasteiger partial charge >= 0.3 is 6.03 Å². The fourth-order valence-electron chi connectivity index (χ4n) is 1.60. The molecule has 2 rings (SSSR count). The van der Waals surface area contributed by atoms with Crippen molar-refractivity contribution >= 4 is 23.3 Å². The number of halogens is 1. The summed E-state index contributed by atoms with van der Waals surface area (Å²) in [6.45, 7) is 2.43. The maximum atomic E-state index is 11.2. The Hall–Kier alpha value is -1.62. The van der Waals surface area contributed by atoms with Crippen molar-refractivity contribution in [3.63, 3.8) is 0 Å². The fourth-order valence-corrected chi connectivity index (χ4v) is 1.77. The predicted octanol–water partition coefficient (Wildman–Crippen LogP) is 1.33. The largest absolute Gasteiger partial charge is 0.492 e. The lowest BCUT2D eigenvalue weighted by Gasteiger charge is -2.14. The highest BCUT2D eigenvalue weighted by atomic mass is 35.5. The van der Waals surface area contributed by atoms with Crippen molar-refractivity contribution in [2.75, 3.05) is 32.0 Å². The first kappa shape index (κ1) is 11.9. The molecule has 17 heavy (non-hydrogen) atoms. The standard InChI is InChI=1S/C11H14ClN3O2/c12-9-7-8(1-2-10(9)13)17-6-5-15-4-3-14-11(15)16/h1-2,7H,3-6,13H2,(H,14,16). The molecule has 0 aliphatic carbocycles. The van der Waals surface area contributed by atoms with Crippen molar-refractivity contribution in [2.45, 2.75) is 0 Å². The Labute approximate surface area is 104 Å². The lowest BCUT2D eigenvalue weighted by Crippen LogP contribution is -2.31. The van der Waals surface area contributed by atoms with Gasteiger partial charge in [-0.05, 0) is 12.1 Å². The number of nitrogens with two attached hydrogens (primary N) is 1. The van der Waals surface area contributed by atoms with E-state index in [0.717, 1.165) is 6.54 Å². The van der Waals surface area contributed by atoms with Crippen LogP contribution in [0, 0.1) is 0 Å². The van der Waals surface area contributed by atoms with Gasteiger partial charge in [-0.1, -0.05) is 11.6 Å². The Balaban J connectivity index is 1.81. The third-order valence-corrected chi connectivity index (χ3v) is 2.87. The number of ether oxygens (including phenoxy) is 1. The number of nitrogens with zero attached hydrogens (tertiary/aromatic N) is 1. The SMILES string of the molecule is Nc1ccc(OCCN2CCNC2=O)cc1Cl. The molecule has 1 heterocycles. The number of carbonyl (C=O) groups excluding carboxylic acids is 1. The number of benzene rings is 1. The quantitative estimate of drug-likeness (QED) is 0.798. The summed E-state index contributed by atoms with van der Waals surface area (Å²) in [5.74, 6) is 0.656. The molecule has 1 aromatic carbocycles. The monoisotopic (exact) mass is 255 g/mol. The van der Waals surface area contributed by atoms with Crippen molar-refractivity contribution in [3.8, 4) is 5.75 Å². The van der Waals surface area contributed by atoms with Crippen LogP contribution in [0.15, 0.2) is 18.2 Å². The summed E-state index contributed by atoms with van der Waals surface area (Å²) in [5.41, 5.74) is 6.11. The third-order valence-electron chi connectivity index (χ3n) is 2.55. The number of hydrogen-bond acceptors (Lipinski definition) is 3. The number of nitrogen functional groups attached to an aromatic ring is 1. The van der Waals surface area contributed by atoms with Gasteiger partial charge in [0.1, 0.15) is 12.4 Å². The van der Waals surface area contributed by atoms with E-state index in [0.29, 0.717) is 36.2 Å². The molecule has 0 unspecified atom stereocenters. The van der Waals surface area contributed by atoms with Crippen LogP contribution >= 0.6 is 11.6 Å². The van der Waals surface area contributed by atoms with Crippen LogP contribution in [-0.2, 0) is 0 Å². The summed E-state index contributed by atoms with van der Waals surface area (Å²) in [6, 6.07) is 5.08. The maximum absolute atomic E-state index is 11.2. The first-order valence-electron chi connectivity index (χ1n) is 5.37. The van der Waals surface area contributed by atoms with E-state index in [9.17, 15) is 4.79 Å². The van der Waals surface area contributed by atoms with Crippen molar-refractivity contribution in [1.29, 1.82) is 0 Å². The molecule has 1 aliphatic rings. The number of nitrogens with one attached hydrogen (secondary N) is 1. The molecule has 1 saturated heterocycles. The van der Waals surface area contributed by atoms with Gasteiger partial charge in [0.15, 0.2) is 0 Å². The zero-order valence-electron chi connectivity index (χ0n) is 9.28. The Kier molecular flexibility index (Phi) is 3.58. The molecule has 92 valence electrons. The van der Waals surface area contributed by atoms with Crippen molar-refractivity contribution in [3.05, 3.63) is 23.2 Å². The molecule has 1 aliphatic heterocycles. The van der Waals surface area contributed by atoms with Gasteiger partial charge in [0.2, 0.25) is 0 Å². The van der Waals surface area contributed by atoms with Gasteiger partial charge in [-0.3, -0.25) is 0 Å². The second-order valence-electron chi connectivity index (χ2n) is 3.75. The van der Waals surface area contributed by atoms with Crippen LogP contribution < -0.4 is 15.8 Å². The van der Waals surface area contributed by atoms with Crippen LogP contribution in [0.2, 0.25) is 5.02 Å². The smallest absolute Gasteiger partial charge is 0.317 e. The highest BCUT2D eigenvalue weighted by Gasteiger charge is 2.18. The van der Waals surface area contributed by atoms with Gasteiger partial charge in [-0.2, -0.15) is 0 Å².